The summed E-state index contributed by atoms with van der Waals surface area (Å²) in [6.07, 6.45) is 5.46. The summed E-state index contributed by atoms with van der Waals surface area (Å²) in [6.45, 7) is 1.93. The molecule has 2 aromatic rings. The number of aryl methyl sites for hydroxylation is 1. The number of aromatic nitrogens is 3. The van der Waals surface area contributed by atoms with E-state index in [0.717, 1.165) is 5.69 Å². The summed E-state index contributed by atoms with van der Waals surface area (Å²) in [5, 5.41) is 0.675. The Hall–Kier alpha value is -1.86. The normalized spacial score (nSPS) is 10.2. The number of carbonyl (C=O) groups is 1. The molecule has 2 rings (SSSR count). The Labute approximate surface area is 102 Å². The van der Waals surface area contributed by atoms with E-state index in [1.165, 1.54) is 11.3 Å². The van der Waals surface area contributed by atoms with Crippen LogP contribution in [0.3, 0.4) is 0 Å². The molecule has 0 saturated carbocycles. The Morgan fingerprint density at radius 3 is 2.94 bits per heavy atom. The molecule has 0 unspecified atom stereocenters. The summed E-state index contributed by atoms with van der Waals surface area (Å²) in [7, 11) is 0. The van der Waals surface area contributed by atoms with Crippen LogP contribution in [0.25, 0.3) is 10.7 Å². The predicted molar refractivity (Wildman–Crippen MR) is 64.2 cm³/mol. The number of amides is 1. The number of nitrogens with two attached hydrogens (primary N) is 1. The van der Waals surface area contributed by atoms with Crippen LogP contribution in [0.4, 0.5) is 0 Å². The van der Waals surface area contributed by atoms with E-state index >= 15 is 0 Å². The van der Waals surface area contributed by atoms with Gasteiger partial charge in [-0.2, -0.15) is 0 Å². The lowest BCUT2D eigenvalue weighted by Gasteiger charge is -1.95. The zero-order chi connectivity index (χ0) is 12.3. The maximum atomic E-state index is 11.5. The van der Waals surface area contributed by atoms with Crippen molar-refractivity contribution < 1.29 is 4.79 Å². The van der Waals surface area contributed by atoms with Gasteiger partial charge in [-0.1, -0.05) is 6.92 Å². The first-order valence-corrected chi connectivity index (χ1v) is 5.85. The number of hydrogen-bond donors (Lipinski definition) is 2. The molecule has 7 heteroatoms. The third kappa shape index (κ3) is 2.29. The Bertz CT molecular complexity index is 525. The minimum atomic E-state index is -0.325. The fourth-order valence-corrected chi connectivity index (χ4v) is 2.37. The highest BCUT2D eigenvalue weighted by Gasteiger charge is 2.17. The highest BCUT2D eigenvalue weighted by Crippen LogP contribution is 2.26. The number of carbonyl (C=O) groups excluding carboxylic acids is 1. The third-order valence-electron chi connectivity index (χ3n) is 2.15. The smallest absolute Gasteiger partial charge is 0.277 e. The Morgan fingerprint density at radius 2 is 2.35 bits per heavy atom. The molecule has 2 heterocycles. The van der Waals surface area contributed by atoms with E-state index in [9.17, 15) is 4.79 Å². The van der Waals surface area contributed by atoms with E-state index in [1.54, 1.807) is 18.6 Å². The fourth-order valence-electron chi connectivity index (χ4n) is 1.35. The first-order chi connectivity index (χ1) is 8.26. The van der Waals surface area contributed by atoms with E-state index < -0.39 is 0 Å². The molecule has 0 bridgehead atoms. The Balaban J connectivity index is 2.45. The fraction of sp³-hybridized carbons (Fsp3) is 0.200. The largest absolute Gasteiger partial charge is 0.289 e. The highest BCUT2D eigenvalue weighted by atomic mass is 32.1. The minimum absolute atomic E-state index is 0.325. The molecule has 17 heavy (non-hydrogen) atoms. The van der Waals surface area contributed by atoms with Crippen molar-refractivity contribution in [1.82, 2.24) is 20.4 Å². The molecule has 0 radical (unpaired) electrons. The zero-order valence-corrected chi connectivity index (χ0v) is 9.99. The van der Waals surface area contributed by atoms with Gasteiger partial charge in [0.15, 0.2) is 0 Å². The van der Waals surface area contributed by atoms with Crippen molar-refractivity contribution in [2.75, 3.05) is 0 Å². The van der Waals surface area contributed by atoms with Gasteiger partial charge in [-0.25, -0.2) is 10.8 Å². The van der Waals surface area contributed by atoms with E-state index in [0.29, 0.717) is 22.0 Å². The van der Waals surface area contributed by atoms with Crippen molar-refractivity contribution in [1.29, 1.82) is 0 Å². The summed E-state index contributed by atoms with van der Waals surface area (Å²) in [6, 6.07) is 0. The monoisotopic (exact) mass is 249 g/mol. The van der Waals surface area contributed by atoms with Gasteiger partial charge in [-0.15, -0.1) is 11.3 Å². The molecule has 0 fully saturated rings. The molecular weight excluding hydrogens is 238 g/mol. The van der Waals surface area contributed by atoms with Gasteiger partial charge >= 0.3 is 0 Å². The van der Waals surface area contributed by atoms with E-state index in [4.69, 9.17) is 5.84 Å². The van der Waals surface area contributed by atoms with Gasteiger partial charge < -0.3 is 0 Å². The molecule has 1 amide bonds. The molecule has 0 saturated heterocycles. The lowest BCUT2D eigenvalue weighted by Crippen LogP contribution is -2.30. The Morgan fingerprint density at radius 1 is 1.53 bits per heavy atom. The van der Waals surface area contributed by atoms with Crippen LogP contribution in [-0.2, 0) is 6.42 Å². The van der Waals surface area contributed by atoms with Gasteiger partial charge in [0.2, 0.25) is 0 Å². The molecule has 0 aliphatic carbocycles. The molecule has 0 aliphatic heterocycles. The second kappa shape index (κ2) is 4.98. The SMILES string of the molecule is CCc1nc(-c2cnccn2)sc1C(=O)NN. The molecule has 3 N–H and O–H groups in total. The second-order valence-electron chi connectivity index (χ2n) is 3.21. The standard InChI is InChI=1S/C10H11N5OS/c1-2-6-8(9(16)15-11)17-10(14-6)7-5-12-3-4-13-7/h3-5H,2,11H2,1H3,(H,15,16). The summed E-state index contributed by atoms with van der Waals surface area (Å²) in [5.41, 5.74) is 3.49. The first-order valence-electron chi connectivity index (χ1n) is 5.03. The van der Waals surface area contributed by atoms with Crippen LogP contribution >= 0.6 is 11.3 Å². The Kier molecular flexibility index (Phi) is 3.40. The van der Waals surface area contributed by atoms with Crippen LogP contribution in [0.5, 0.6) is 0 Å². The van der Waals surface area contributed by atoms with Crippen molar-refractivity contribution >= 4 is 17.2 Å². The predicted octanol–water partition coefficient (Wildman–Crippen LogP) is 0.766. The quantitative estimate of drug-likeness (QED) is 0.476. The van der Waals surface area contributed by atoms with E-state index in [2.05, 4.69) is 20.4 Å². The summed E-state index contributed by atoms with van der Waals surface area (Å²) < 4.78 is 0. The van der Waals surface area contributed by atoms with Crippen LogP contribution in [0, 0.1) is 0 Å². The van der Waals surface area contributed by atoms with Gasteiger partial charge in [-0.3, -0.25) is 20.2 Å². The van der Waals surface area contributed by atoms with Crippen LogP contribution in [-0.4, -0.2) is 20.9 Å². The van der Waals surface area contributed by atoms with Gasteiger partial charge in [0.1, 0.15) is 15.6 Å². The van der Waals surface area contributed by atoms with Crippen molar-refractivity contribution in [3.05, 3.63) is 29.2 Å². The number of nitrogens with one attached hydrogen (secondary N) is 1. The van der Waals surface area contributed by atoms with Crippen LogP contribution < -0.4 is 11.3 Å². The van der Waals surface area contributed by atoms with Gasteiger partial charge in [0, 0.05) is 12.4 Å². The molecule has 0 spiro atoms. The van der Waals surface area contributed by atoms with Crippen molar-refractivity contribution in [3.8, 4) is 10.7 Å². The third-order valence-corrected chi connectivity index (χ3v) is 3.27. The van der Waals surface area contributed by atoms with Gasteiger partial charge in [0.25, 0.3) is 5.91 Å². The molecule has 0 atom stereocenters. The van der Waals surface area contributed by atoms with Crippen molar-refractivity contribution in [2.24, 2.45) is 5.84 Å². The average molecular weight is 249 g/mol. The van der Waals surface area contributed by atoms with E-state index in [1.807, 2.05) is 6.92 Å². The van der Waals surface area contributed by atoms with Gasteiger partial charge in [-0.05, 0) is 6.42 Å². The number of rotatable bonds is 3. The lowest BCUT2D eigenvalue weighted by molar-refractivity contribution is 0.0956. The van der Waals surface area contributed by atoms with E-state index in [-0.39, 0.29) is 5.91 Å². The summed E-state index contributed by atoms with van der Waals surface area (Å²) in [4.78, 5) is 24.5. The molecule has 2 aromatic heterocycles. The first kappa shape index (κ1) is 11.6. The molecule has 0 aliphatic rings. The molecule has 88 valence electrons. The second-order valence-corrected chi connectivity index (χ2v) is 4.21. The average Bonchev–Trinajstić information content (AvgIpc) is 2.83. The lowest BCUT2D eigenvalue weighted by atomic mass is 10.3. The number of nitrogen functional groups attached to an aromatic ring is 1. The molecule has 0 aromatic carbocycles. The number of hydrogen-bond acceptors (Lipinski definition) is 6. The van der Waals surface area contributed by atoms with Crippen LogP contribution in [0.15, 0.2) is 18.6 Å². The topological polar surface area (TPSA) is 93.8 Å². The van der Waals surface area contributed by atoms with Crippen molar-refractivity contribution in [3.63, 3.8) is 0 Å². The molecule has 6 nitrogen and oxygen atoms in total. The van der Waals surface area contributed by atoms with Crippen molar-refractivity contribution in [2.45, 2.75) is 13.3 Å². The number of hydrazine groups is 1. The summed E-state index contributed by atoms with van der Waals surface area (Å²) >= 11 is 1.26. The number of nitrogens with zero attached hydrogens (tertiary/aromatic N) is 3. The van der Waals surface area contributed by atoms with Crippen LogP contribution in [0.1, 0.15) is 22.3 Å². The maximum absolute atomic E-state index is 11.5. The zero-order valence-electron chi connectivity index (χ0n) is 9.17. The highest BCUT2D eigenvalue weighted by molar-refractivity contribution is 7.17. The molecular formula is C10H11N5OS. The minimum Gasteiger partial charge on any atom is -0.289 e. The summed E-state index contributed by atoms with van der Waals surface area (Å²) in [5.74, 6) is 4.80. The van der Waals surface area contributed by atoms with Crippen LogP contribution in [0.2, 0.25) is 0 Å². The van der Waals surface area contributed by atoms with Gasteiger partial charge in [0.05, 0.1) is 11.9 Å². The maximum Gasteiger partial charge on any atom is 0.277 e. The number of thiazole rings is 1.